The molecule has 0 saturated heterocycles. The first kappa shape index (κ1) is 14.2. The van der Waals surface area contributed by atoms with Crippen LogP contribution in [0.1, 0.15) is 32.6 Å². The molecule has 0 fully saturated rings. The van der Waals surface area contributed by atoms with E-state index in [1.807, 2.05) is 0 Å². The molecule has 2 N–H and O–H groups in total. The predicted octanol–water partition coefficient (Wildman–Crippen LogP) is 2.09. The lowest BCUT2D eigenvalue weighted by Gasteiger charge is -2.08. The van der Waals surface area contributed by atoms with Crippen LogP contribution < -0.4 is 10.6 Å². The number of hydrogen-bond donors (Lipinski definition) is 2. The van der Waals surface area contributed by atoms with Gasteiger partial charge in [-0.25, -0.2) is 4.98 Å². The first-order valence-electron chi connectivity index (χ1n) is 6.99. The van der Waals surface area contributed by atoms with Crippen molar-refractivity contribution >= 4 is 11.9 Å². The molecule has 0 bridgehead atoms. The van der Waals surface area contributed by atoms with Gasteiger partial charge < -0.3 is 10.6 Å². The molecule has 0 unspecified atom stereocenters. The van der Waals surface area contributed by atoms with Crippen molar-refractivity contribution in [3.63, 3.8) is 0 Å². The van der Waals surface area contributed by atoms with Gasteiger partial charge in [0.2, 0.25) is 17.8 Å². The van der Waals surface area contributed by atoms with Gasteiger partial charge in [0.15, 0.2) is 0 Å². The minimum absolute atomic E-state index is 0.541. The number of anilines is 2. The van der Waals surface area contributed by atoms with Crippen molar-refractivity contribution < 1.29 is 0 Å². The molecule has 0 amide bonds. The van der Waals surface area contributed by atoms with Crippen LogP contribution in [0.15, 0.2) is 18.7 Å². The van der Waals surface area contributed by atoms with E-state index in [9.17, 15) is 0 Å². The minimum Gasteiger partial charge on any atom is -0.357 e. The minimum atomic E-state index is 0.541. The normalized spacial score (nSPS) is 10.5. The van der Waals surface area contributed by atoms with Crippen molar-refractivity contribution in [3.05, 3.63) is 18.7 Å². The van der Waals surface area contributed by atoms with Crippen LogP contribution in [0.5, 0.6) is 0 Å². The summed E-state index contributed by atoms with van der Waals surface area (Å²) in [5.74, 6) is 1.68. The first-order chi connectivity index (χ1) is 9.83. The highest BCUT2D eigenvalue weighted by Gasteiger charge is 2.06. The number of imidazole rings is 1. The summed E-state index contributed by atoms with van der Waals surface area (Å²) in [5.41, 5.74) is 0. The molecule has 0 aliphatic rings. The molecule has 2 heterocycles. The Morgan fingerprint density at radius 2 is 1.95 bits per heavy atom. The van der Waals surface area contributed by atoms with E-state index in [0.29, 0.717) is 17.8 Å². The van der Waals surface area contributed by atoms with E-state index >= 15 is 0 Å². The lowest BCUT2D eigenvalue weighted by molar-refractivity contribution is 0.683. The van der Waals surface area contributed by atoms with Gasteiger partial charge in [-0.3, -0.25) is 4.57 Å². The molecule has 0 spiro atoms. The summed E-state index contributed by atoms with van der Waals surface area (Å²) in [6, 6.07) is 0. The van der Waals surface area contributed by atoms with Gasteiger partial charge in [-0.05, 0) is 6.42 Å². The van der Waals surface area contributed by atoms with Crippen LogP contribution in [0.3, 0.4) is 0 Å². The van der Waals surface area contributed by atoms with Crippen LogP contribution in [0.4, 0.5) is 11.9 Å². The molecule has 0 radical (unpaired) electrons. The number of unbranched alkanes of at least 4 members (excludes halogenated alkanes) is 3. The third-order valence-electron chi connectivity index (χ3n) is 2.90. The maximum atomic E-state index is 4.39. The summed E-state index contributed by atoms with van der Waals surface area (Å²) in [6.45, 7) is 3.08. The third-order valence-corrected chi connectivity index (χ3v) is 2.90. The van der Waals surface area contributed by atoms with Gasteiger partial charge in [0.25, 0.3) is 0 Å². The van der Waals surface area contributed by atoms with Crippen molar-refractivity contribution in [3.8, 4) is 5.95 Å². The number of aromatic nitrogens is 5. The summed E-state index contributed by atoms with van der Waals surface area (Å²) < 4.78 is 1.75. The van der Waals surface area contributed by atoms with E-state index < -0.39 is 0 Å². The standard InChI is InChI=1S/C13H21N7/c1-3-4-5-6-7-16-12-17-11(14-2)18-13(19-12)20-9-8-15-10-20/h8-10H,3-7H2,1-2H3,(H2,14,16,17,18,19). The van der Waals surface area contributed by atoms with Gasteiger partial charge in [-0.2, -0.15) is 15.0 Å². The maximum absolute atomic E-state index is 4.39. The fourth-order valence-electron chi connectivity index (χ4n) is 1.80. The zero-order valence-electron chi connectivity index (χ0n) is 12.0. The average molecular weight is 275 g/mol. The van der Waals surface area contributed by atoms with Crippen molar-refractivity contribution in [2.75, 3.05) is 24.2 Å². The Morgan fingerprint density at radius 3 is 2.65 bits per heavy atom. The van der Waals surface area contributed by atoms with Crippen LogP contribution in [0.25, 0.3) is 5.95 Å². The molecule has 2 aromatic rings. The molecule has 20 heavy (non-hydrogen) atoms. The summed E-state index contributed by atoms with van der Waals surface area (Å²) in [4.78, 5) is 17.0. The summed E-state index contributed by atoms with van der Waals surface area (Å²) in [6.07, 6.45) is 10.0. The second-order valence-corrected chi connectivity index (χ2v) is 4.49. The Labute approximate surface area is 118 Å². The number of nitrogens with one attached hydrogen (secondary N) is 2. The summed E-state index contributed by atoms with van der Waals surface area (Å²) in [5, 5.41) is 6.19. The highest BCUT2D eigenvalue weighted by molar-refractivity contribution is 5.37. The molecule has 0 aliphatic heterocycles. The smallest absolute Gasteiger partial charge is 0.241 e. The largest absolute Gasteiger partial charge is 0.357 e. The Morgan fingerprint density at radius 1 is 1.10 bits per heavy atom. The van der Waals surface area contributed by atoms with Crippen LogP contribution in [0.2, 0.25) is 0 Å². The molecule has 0 atom stereocenters. The van der Waals surface area contributed by atoms with Gasteiger partial charge in [0, 0.05) is 26.0 Å². The molecule has 2 rings (SSSR count). The predicted molar refractivity (Wildman–Crippen MR) is 79.1 cm³/mol. The zero-order valence-corrected chi connectivity index (χ0v) is 12.0. The van der Waals surface area contributed by atoms with Gasteiger partial charge >= 0.3 is 0 Å². The van der Waals surface area contributed by atoms with Crippen molar-refractivity contribution in [2.24, 2.45) is 0 Å². The number of rotatable bonds is 8. The van der Waals surface area contributed by atoms with Gasteiger partial charge in [0.05, 0.1) is 0 Å². The fraction of sp³-hybridized carbons (Fsp3) is 0.538. The molecule has 108 valence electrons. The van der Waals surface area contributed by atoms with E-state index in [1.165, 1.54) is 19.3 Å². The van der Waals surface area contributed by atoms with Gasteiger partial charge in [-0.15, -0.1) is 0 Å². The topological polar surface area (TPSA) is 80.5 Å². The van der Waals surface area contributed by atoms with E-state index in [4.69, 9.17) is 0 Å². The second-order valence-electron chi connectivity index (χ2n) is 4.49. The first-order valence-corrected chi connectivity index (χ1v) is 6.99. The molecule has 2 aromatic heterocycles. The van der Waals surface area contributed by atoms with Crippen molar-refractivity contribution in [1.29, 1.82) is 0 Å². The molecule has 7 nitrogen and oxygen atoms in total. The van der Waals surface area contributed by atoms with Crippen LogP contribution >= 0.6 is 0 Å². The molecule has 0 saturated carbocycles. The molecule has 7 heteroatoms. The van der Waals surface area contributed by atoms with E-state index in [2.05, 4.69) is 37.5 Å². The monoisotopic (exact) mass is 275 g/mol. The Balaban J connectivity index is 2.03. The second kappa shape index (κ2) is 7.42. The molecular weight excluding hydrogens is 254 g/mol. The van der Waals surface area contributed by atoms with Gasteiger partial charge in [0.1, 0.15) is 6.33 Å². The maximum Gasteiger partial charge on any atom is 0.241 e. The zero-order chi connectivity index (χ0) is 14.2. The SMILES string of the molecule is CCCCCCNc1nc(NC)nc(-n2ccnc2)n1. The van der Waals surface area contributed by atoms with Crippen LogP contribution in [0, 0.1) is 0 Å². The molecule has 0 aliphatic carbocycles. The lowest BCUT2D eigenvalue weighted by atomic mass is 10.2. The molecule has 0 aromatic carbocycles. The highest BCUT2D eigenvalue weighted by atomic mass is 15.3. The third kappa shape index (κ3) is 3.91. The fourth-order valence-corrected chi connectivity index (χ4v) is 1.80. The lowest BCUT2D eigenvalue weighted by Crippen LogP contribution is -2.11. The highest BCUT2D eigenvalue weighted by Crippen LogP contribution is 2.09. The Bertz CT molecular complexity index is 509. The average Bonchev–Trinajstić information content (AvgIpc) is 3.01. The summed E-state index contributed by atoms with van der Waals surface area (Å²) in [7, 11) is 1.79. The van der Waals surface area contributed by atoms with Crippen molar-refractivity contribution in [1.82, 2.24) is 24.5 Å². The van der Waals surface area contributed by atoms with E-state index in [0.717, 1.165) is 13.0 Å². The Hall–Kier alpha value is -2.18. The van der Waals surface area contributed by atoms with E-state index in [1.54, 1.807) is 30.3 Å². The van der Waals surface area contributed by atoms with Crippen molar-refractivity contribution in [2.45, 2.75) is 32.6 Å². The van der Waals surface area contributed by atoms with Gasteiger partial charge in [-0.1, -0.05) is 26.2 Å². The Kier molecular flexibility index (Phi) is 5.28. The van der Waals surface area contributed by atoms with Crippen LogP contribution in [-0.4, -0.2) is 38.1 Å². The quantitative estimate of drug-likeness (QED) is 0.718. The number of nitrogens with zero attached hydrogens (tertiary/aromatic N) is 5. The van der Waals surface area contributed by atoms with E-state index in [-0.39, 0.29) is 0 Å². The molecular formula is C13H21N7. The van der Waals surface area contributed by atoms with Crippen LogP contribution in [-0.2, 0) is 0 Å². The summed E-state index contributed by atoms with van der Waals surface area (Å²) >= 11 is 0. The number of hydrogen-bond acceptors (Lipinski definition) is 6.